The molecule has 0 heterocycles. The van der Waals surface area contributed by atoms with Crippen molar-refractivity contribution in [3.8, 4) is 11.8 Å². The molecule has 2 aromatic rings. The number of hydrogen-bond donors (Lipinski definition) is 0. The number of nitriles is 1. The summed E-state index contributed by atoms with van der Waals surface area (Å²) in [5, 5.41) is 9.87. The highest BCUT2D eigenvalue weighted by Gasteiger charge is 2.12. The Kier molecular flexibility index (Phi) is 6.82. The molecule has 134 valence electrons. The lowest BCUT2D eigenvalue weighted by Crippen LogP contribution is -2.06. The van der Waals surface area contributed by atoms with Gasteiger partial charge in [0.15, 0.2) is 0 Å². The molecule has 0 aromatic heterocycles. The Morgan fingerprint density at radius 3 is 2.50 bits per heavy atom. The molecule has 0 aliphatic carbocycles. The lowest BCUT2D eigenvalue weighted by molar-refractivity contribution is -0.137. The summed E-state index contributed by atoms with van der Waals surface area (Å²) in [6.07, 6.45) is 1.55. The third kappa shape index (κ3) is 5.11. The Hall–Kier alpha value is -2.77. The highest BCUT2D eigenvalue weighted by atomic mass is 35.5. The minimum atomic E-state index is -0.617. The predicted octanol–water partition coefficient (Wildman–Crippen LogP) is 5.01. The van der Waals surface area contributed by atoms with Gasteiger partial charge in [0.25, 0.3) is 0 Å². The largest absolute Gasteiger partial charge is 0.489 e. The molecular formula is C21H20ClNO3. The summed E-state index contributed by atoms with van der Waals surface area (Å²) < 4.78 is 10.7. The van der Waals surface area contributed by atoms with Crippen LogP contribution in [0.15, 0.2) is 42.0 Å². The number of carbonyl (C=O) groups excluding carboxylic acids is 1. The minimum Gasteiger partial charge on any atom is -0.489 e. The molecule has 0 radical (unpaired) electrons. The average Bonchev–Trinajstić information content (AvgIpc) is 2.61. The molecule has 4 nitrogen and oxygen atoms in total. The normalized spacial score (nSPS) is 11.0. The van der Waals surface area contributed by atoms with Crippen molar-refractivity contribution in [2.45, 2.75) is 27.4 Å². The van der Waals surface area contributed by atoms with E-state index in [-0.39, 0.29) is 12.2 Å². The van der Waals surface area contributed by atoms with Crippen molar-refractivity contribution in [2.75, 3.05) is 6.61 Å². The third-order valence-electron chi connectivity index (χ3n) is 3.85. The van der Waals surface area contributed by atoms with Gasteiger partial charge in [0.2, 0.25) is 0 Å². The Labute approximate surface area is 158 Å². The Balaban J connectivity index is 2.26. The van der Waals surface area contributed by atoms with Gasteiger partial charge in [0.05, 0.1) is 6.61 Å². The number of ether oxygens (including phenoxy) is 2. The van der Waals surface area contributed by atoms with Crippen LogP contribution in [0.2, 0.25) is 5.02 Å². The molecule has 2 aromatic carbocycles. The third-order valence-corrected chi connectivity index (χ3v) is 4.10. The van der Waals surface area contributed by atoms with Gasteiger partial charge in [-0.3, -0.25) is 0 Å². The first-order chi connectivity index (χ1) is 12.4. The topological polar surface area (TPSA) is 59.3 Å². The van der Waals surface area contributed by atoms with E-state index in [1.807, 2.05) is 32.0 Å². The van der Waals surface area contributed by atoms with Crippen LogP contribution in [0.5, 0.6) is 5.75 Å². The zero-order valence-electron chi connectivity index (χ0n) is 15.0. The molecular weight excluding hydrogens is 350 g/mol. The van der Waals surface area contributed by atoms with E-state index in [9.17, 15) is 10.1 Å². The van der Waals surface area contributed by atoms with Gasteiger partial charge in [-0.15, -0.1) is 0 Å². The molecule has 26 heavy (non-hydrogen) atoms. The van der Waals surface area contributed by atoms with E-state index in [0.717, 1.165) is 28.0 Å². The lowest BCUT2D eigenvalue weighted by atomic mass is 9.98. The summed E-state index contributed by atoms with van der Waals surface area (Å²) >= 11 is 5.88. The smallest absolute Gasteiger partial charge is 0.348 e. The van der Waals surface area contributed by atoms with E-state index in [4.69, 9.17) is 21.1 Å². The van der Waals surface area contributed by atoms with Crippen LogP contribution < -0.4 is 4.74 Å². The molecule has 0 spiro atoms. The summed E-state index contributed by atoms with van der Waals surface area (Å²) in [7, 11) is 0. The number of nitrogens with zero attached hydrogens (tertiary/aromatic N) is 1. The van der Waals surface area contributed by atoms with E-state index in [2.05, 4.69) is 0 Å². The van der Waals surface area contributed by atoms with Crippen molar-refractivity contribution in [3.05, 3.63) is 69.2 Å². The van der Waals surface area contributed by atoms with Gasteiger partial charge >= 0.3 is 5.97 Å². The van der Waals surface area contributed by atoms with Crippen LogP contribution in [0.1, 0.15) is 29.2 Å². The summed E-state index contributed by atoms with van der Waals surface area (Å²) in [4.78, 5) is 11.8. The molecule has 0 amide bonds. The van der Waals surface area contributed by atoms with Gasteiger partial charge in [-0.05, 0) is 79.4 Å². The van der Waals surface area contributed by atoms with Gasteiger partial charge in [0, 0.05) is 5.02 Å². The number of aryl methyl sites for hydroxylation is 2. The van der Waals surface area contributed by atoms with Gasteiger partial charge in [-0.2, -0.15) is 5.26 Å². The lowest BCUT2D eigenvalue weighted by Gasteiger charge is -2.12. The van der Waals surface area contributed by atoms with Crippen molar-refractivity contribution >= 4 is 23.6 Å². The Morgan fingerprint density at radius 1 is 1.19 bits per heavy atom. The van der Waals surface area contributed by atoms with E-state index in [0.29, 0.717) is 11.6 Å². The number of rotatable bonds is 6. The summed E-state index contributed by atoms with van der Waals surface area (Å²) in [6, 6.07) is 13.0. The van der Waals surface area contributed by atoms with Crippen molar-refractivity contribution in [2.24, 2.45) is 0 Å². The second-order valence-corrected chi connectivity index (χ2v) is 6.20. The van der Waals surface area contributed by atoms with Gasteiger partial charge < -0.3 is 9.47 Å². The maximum atomic E-state index is 11.8. The predicted molar refractivity (Wildman–Crippen MR) is 102 cm³/mol. The van der Waals surface area contributed by atoms with Crippen LogP contribution in [0.4, 0.5) is 0 Å². The minimum absolute atomic E-state index is 0.0247. The van der Waals surface area contributed by atoms with Crippen LogP contribution in [0.25, 0.3) is 6.08 Å². The van der Waals surface area contributed by atoms with E-state index < -0.39 is 5.97 Å². The fourth-order valence-electron chi connectivity index (χ4n) is 2.42. The number of hydrogen-bond acceptors (Lipinski definition) is 4. The second-order valence-electron chi connectivity index (χ2n) is 5.77. The van der Waals surface area contributed by atoms with Crippen LogP contribution in [-0.4, -0.2) is 12.6 Å². The first kappa shape index (κ1) is 19.6. The number of esters is 1. The molecule has 0 aliphatic heterocycles. The van der Waals surface area contributed by atoms with E-state index >= 15 is 0 Å². The van der Waals surface area contributed by atoms with Crippen LogP contribution in [0, 0.1) is 25.2 Å². The van der Waals surface area contributed by atoms with Crippen LogP contribution in [0.3, 0.4) is 0 Å². The second kappa shape index (κ2) is 9.07. The standard InChI is InChI=1S/C21H20ClNO3/c1-4-25-21(24)17(12-23)10-16-11-18(15(3)9-14(16)2)13-26-20-7-5-19(22)6-8-20/h5-11H,4,13H2,1-3H3/b17-10+. The van der Waals surface area contributed by atoms with Crippen molar-refractivity contribution < 1.29 is 14.3 Å². The van der Waals surface area contributed by atoms with Gasteiger partial charge in [0.1, 0.15) is 24.0 Å². The highest BCUT2D eigenvalue weighted by molar-refractivity contribution is 6.30. The molecule has 0 N–H and O–H groups in total. The molecule has 2 rings (SSSR count). The van der Waals surface area contributed by atoms with Crippen molar-refractivity contribution in [3.63, 3.8) is 0 Å². The summed E-state index contributed by atoms with van der Waals surface area (Å²) in [6.45, 7) is 6.23. The number of halogens is 1. The zero-order chi connectivity index (χ0) is 19.1. The fourth-order valence-corrected chi connectivity index (χ4v) is 2.55. The molecule has 0 aliphatic rings. The molecule has 0 fully saturated rings. The maximum absolute atomic E-state index is 11.8. The van der Waals surface area contributed by atoms with Crippen molar-refractivity contribution in [1.29, 1.82) is 5.26 Å². The maximum Gasteiger partial charge on any atom is 0.348 e. The quantitative estimate of drug-likeness (QED) is 0.408. The Bertz CT molecular complexity index is 864. The fraction of sp³-hybridized carbons (Fsp3) is 0.238. The van der Waals surface area contributed by atoms with E-state index in [1.165, 1.54) is 0 Å². The zero-order valence-corrected chi connectivity index (χ0v) is 15.8. The molecule has 5 heteroatoms. The first-order valence-electron chi connectivity index (χ1n) is 8.22. The van der Waals surface area contributed by atoms with Crippen molar-refractivity contribution in [1.82, 2.24) is 0 Å². The highest BCUT2D eigenvalue weighted by Crippen LogP contribution is 2.22. The number of benzene rings is 2. The van der Waals surface area contributed by atoms with Crippen LogP contribution >= 0.6 is 11.6 Å². The molecule has 0 atom stereocenters. The average molecular weight is 370 g/mol. The number of carbonyl (C=O) groups is 1. The van der Waals surface area contributed by atoms with Gasteiger partial charge in [-0.25, -0.2) is 4.79 Å². The SMILES string of the molecule is CCOC(=O)/C(C#N)=C/c1cc(COc2ccc(Cl)cc2)c(C)cc1C. The summed E-state index contributed by atoms with van der Waals surface area (Å²) in [5.74, 6) is 0.102. The monoisotopic (exact) mass is 369 g/mol. The van der Waals surface area contributed by atoms with E-state index in [1.54, 1.807) is 37.3 Å². The summed E-state index contributed by atoms with van der Waals surface area (Å²) in [5.41, 5.74) is 3.77. The van der Waals surface area contributed by atoms with Gasteiger partial charge in [-0.1, -0.05) is 17.7 Å². The molecule has 0 saturated carbocycles. The molecule has 0 bridgehead atoms. The molecule has 0 unspecified atom stereocenters. The molecule has 0 saturated heterocycles. The Morgan fingerprint density at radius 2 is 1.88 bits per heavy atom. The van der Waals surface area contributed by atoms with Crippen LogP contribution in [-0.2, 0) is 16.1 Å². The first-order valence-corrected chi connectivity index (χ1v) is 8.59.